The highest BCUT2D eigenvalue weighted by Crippen LogP contribution is 2.29. The Morgan fingerprint density at radius 2 is 1.75 bits per heavy atom. The third kappa shape index (κ3) is 4.60. The van der Waals surface area contributed by atoms with Crippen molar-refractivity contribution in [2.75, 3.05) is 13.7 Å². The second-order valence-corrected chi connectivity index (χ2v) is 6.81. The summed E-state index contributed by atoms with van der Waals surface area (Å²) in [5.74, 6) is -2.15. The van der Waals surface area contributed by atoms with Crippen LogP contribution >= 0.6 is 0 Å². The van der Waals surface area contributed by atoms with Crippen LogP contribution in [0.1, 0.15) is 13.8 Å². The van der Waals surface area contributed by atoms with Crippen molar-refractivity contribution < 1.29 is 54.1 Å². The maximum absolute atomic E-state index is 11.5. The standard InChI is InChI=1S/C16H27NO11/c1-5-8(17-6(2)19)12(9(20)7(4-18)26-5)27-16-11(22)10(21)13(25-3)14(28-16)15(23)24/h5,7-14,16,18,20-22H,4H2,1-3H3,(H,17,19)(H,23,24)/p-1/t5?,7?,8?,9-,10?,11+,12-,13+,14?,16-/m1/s1. The molecule has 162 valence electrons. The zero-order valence-electron chi connectivity index (χ0n) is 15.6. The summed E-state index contributed by atoms with van der Waals surface area (Å²) in [6, 6.07) is -0.912. The van der Waals surface area contributed by atoms with Crippen molar-refractivity contribution in [1.82, 2.24) is 5.32 Å². The molecule has 0 spiro atoms. The van der Waals surface area contributed by atoms with E-state index in [9.17, 15) is 35.1 Å². The van der Waals surface area contributed by atoms with Gasteiger partial charge in [0.05, 0.1) is 24.7 Å². The summed E-state index contributed by atoms with van der Waals surface area (Å²) in [5, 5.41) is 54.2. The van der Waals surface area contributed by atoms with E-state index >= 15 is 0 Å². The lowest BCUT2D eigenvalue weighted by Crippen LogP contribution is -2.68. The van der Waals surface area contributed by atoms with Gasteiger partial charge in [-0.2, -0.15) is 0 Å². The molecular weight excluding hydrogens is 382 g/mol. The van der Waals surface area contributed by atoms with E-state index in [2.05, 4.69) is 5.32 Å². The zero-order valence-corrected chi connectivity index (χ0v) is 15.6. The molecule has 12 nitrogen and oxygen atoms in total. The van der Waals surface area contributed by atoms with Gasteiger partial charge in [-0.05, 0) is 6.92 Å². The highest BCUT2D eigenvalue weighted by molar-refractivity contribution is 5.73. The molecule has 0 radical (unpaired) electrons. The van der Waals surface area contributed by atoms with E-state index < -0.39 is 79.6 Å². The van der Waals surface area contributed by atoms with E-state index in [1.807, 2.05) is 0 Å². The molecule has 2 rings (SSSR count). The van der Waals surface area contributed by atoms with Crippen LogP contribution in [0.2, 0.25) is 0 Å². The number of amides is 1. The van der Waals surface area contributed by atoms with E-state index in [1.54, 1.807) is 6.92 Å². The van der Waals surface area contributed by atoms with Crippen molar-refractivity contribution in [2.24, 2.45) is 0 Å². The van der Waals surface area contributed by atoms with E-state index in [0.29, 0.717) is 0 Å². The summed E-state index contributed by atoms with van der Waals surface area (Å²) >= 11 is 0. The molecule has 0 aromatic heterocycles. The molecule has 0 aliphatic carbocycles. The molecule has 1 amide bonds. The van der Waals surface area contributed by atoms with E-state index in [-0.39, 0.29) is 0 Å². The van der Waals surface area contributed by atoms with Crippen LogP contribution in [0, 0.1) is 0 Å². The second-order valence-electron chi connectivity index (χ2n) is 6.81. The number of aliphatic hydroxyl groups excluding tert-OH is 4. The van der Waals surface area contributed by atoms with Gasteiger partial charge in [-0.25, -0.2) is 0 Å². The van der Waals surface area contributed by atoms with Crippen LogP contribution in [0.15, 0.2) is 0 Å². The first-order valence-corrected chi connectivity index (χ1v) is 8.74. The third-order valence-corrected chi connectivity index (χ3v) is 4.86. The number of ether oxygens (including phenoxy) is 4. The number of methoxy groups -OCH3 is 1. The highest BCUT2D eigenvalue weighted by Gasteiger charge is 2.51. The predicted octanol–water partition coefficient (Wildman–Crippen LogP) is -4.77. The summed E-state index contributed by atoms with van der Waals surface area (Å²) < 4.78 is 21.1. The minimum absolute atomic E-state index is 0.457. The number of carbonyl (C=O) groups is 2. The predicted molar refractivity (Wildman–Crippen MR) is 86.4 cm³/mol. The minimum Gasteiger partial charge on any atom is -0.547 e. The summed E-state index contributed by atoms with van der Waals surface area (Å²) in [6.07, 6.45) is -12.7. The zero-order chi connectivity index (χ0) is 21.2. The number of carbonyl (C=O) groups excluding carboxylic acids is 2. The number of hydrogen-bond acceptors (Lipinski definition) is 11. The summed E-state index contributed by atoms with van der Waals surface area (Å²) in [5.41, 5.74) is 0. The lowest BCUT2D eigenvalue weighted by molar-refractivity contribution is -0.361. The summed E-state index contributed by atoms with van der Waals surface area (Å²) in [4.78, 5) is 22.8. The van der Waals surface area contributed by atoms with Crippen molar-refractivity contribution in [3.05, 3.63) is 0 Å². The van der Waals surface area contributed by atoms with Crippen LogP contribution in [-0.2, 0) is 28.5 Å². The van der Waals surface area contributed by atoms with Crippen LogP contribution < -0.4 is 10.4 Å². The Morgan fingerprint density at radius 3 is 2.25 bits per heavy atom. The minimum atomic E-state index is -1.75. The van der Waals surface area contributed by atoms with Crippen molar-refractivity contribution in [3.8, 4) is 0 Å². The maximum Gasteiger partial charge on any atom is 0.217 e. The van der Waals surface area contributed by atoms with Crippen LogP contribution in [0.4, 0.5) is 0 Å². The van der Waals surface area contributed by atoms with Gasteiger partial charge in [0.2, 0.25) is 5.91 Å². The number of rotatable bonds is 6. The Morgan fingerprint density at radius 1 is 1.11 bits per heavy atom. The van der Waals surface area contributed by atoms with E-state index in [0.717, 1.165) is 7.11 Å². The first-order chi connectivity index (χ1) is 13.1. The molecule has 2 aliphatic heterocycles. The Labute approximate surface area is 160 Å². The van der Waals surface area contributed by atoms with Gasteiger partial charge in [0.25, 0.3) is 0 Å². The number of nitrogens with one attached hydrogen (secondary N) is 1. The average molecular weight is 408 g/mol. The van der Waals surface area contributed by atoms with Crippen molar-refractivity contribution >= 4 is 11.9 Å². The molecule has 2 saturated heterocycles. The number of carboxylic acids is 1. The topological polar surface area (TPSA) is 187 Å². The largest absolute Gasteiger partial charge is 0.547 e. The molecule has 28 heavy (non-hydrogen) atoms. The number of hydrogen-bond donors (Lipinski definition) is 5. The molecular formula is C16H26NO11-. The number of aliphatic carboxylic acids is 1. The second kappa shape index (κ2) is 9.41. The molecule has 5 N–H and O–H groups in total. The van der Waals surface area contributed by atoms with Crippen LogP contribution in [0.25, 0.3) is 0 Å². The van der Waals surface area contributed by atoms with Crippen LogP contribution in [0.3, 0.4) is 0 Å². The van der Waals surface area contributed by atoms with Gasteiger partial charge in [0.15, 0.2) is 6.29 Å². The lowest BCUT2D eigenvalue weighted by Gasteiger charge is -2.47. The summed E-state index contributed by atoms with van der Waals surface area (Å²) in [7, 11) is 1.13. The SMILES string of the molecule is CO[C@@H]1C(C(=O)[O-])O[C@@H](O[C@@H]2C(NC(C)=O)C(C)OC(CO)[C@H]2O)[C@@H](O)C1O. The van der Waals surface area contributed by atoms with Gasteiger partial charge in [0, 0.05) is 14.0 Å². The molecule has 0 saturated carbocycles. The molecule has 2 aliphatic rings. The molecule has 10 atom stereocenters. The average Bonchev–Trinajstić information content (AvgIpc) is 2.63. The van der Waals surface area contributed by atoms with Gasteiger partial charge < -0.3 is 54.6 Å². The molecule has 0 aromatic rings. The normalized spacial score (nSPS) is 44.1. The van der Waals surface area contributed by atoms with Crippen molar-refractivity contribution in [2.45, 2.75) is 75.0 Å². The third-order valence-electron chi connectivity index (χ3n) is 4.86. The Balaban J connectivity index is 2.26. The van der Waals surface area contributed by atoms with E-state index in [1.165, 1.54) is 6.92 Å². The molecule has 5 unspecified atom stereocenters. The fourth-order valence-electron chi connectivity index (χ4n) is 3.44. The molecule has 0 aromatic carbocycles. The monoisotopic (exact) mass is 408 g/mol. The fourth-order valence-corrected chi connectivity index (χ4v) is 3.44. The molecule has 2 fully saturated rings. The highest BCUT2D eigenvalue weighted by atomic mass is 16.7. The van der Waals surface area contributed by atoms with Crippen molar-refractivity contribution in [1.29, 1.82) is 0 Å². The van der Waals surface area contributed by atoms with Gasteiger partial charge in [-0.3, -0.25) is 4.79 Å². The van der Waals surface area contributed by atoms with Gasteiger partial charge in [0.1, 0.15) is 42.7 Å². The first-order valence-electron chi connectivity index (χ1n) is 8.74. The summed E-state index contributed by atoms with van der Waals surface area (Å²) in [6.45, 7) is 2.25. The van der Waals surface area contributed by atoms with Gasteiger partial charge >= 0.3 is 0 Å². The smallest absolute Gasteiger partial charge is 0.217 e. The molecule has 12 heteroatoms. The fraction of sp³-hybridized carbons (Fsp3) is 0.875. The first kappa shape index (κ1) is 22.9. The van der Waals surface area contributed by atoms with E-state index in [4.69, 9.17) is 18.9 Å². The van der Waals surface area contributed by atoms with Gasteiger partial charge in [-0.15, -0.1) is 0 Å². The van der Waals surface area contributed by atoms with Gasteiger partial charge in [-0.1, -0.05) is 0 Å². The molecule has 2 heterocycles. The number of aliphatic hydroxyl groups is 4. The quantitative estimate of drug-likeness (QED) is 0.284. The van der Waals surface area contributed by atoms with Crippen LogP contribution in [-0.4, -0.2) is 107 Å². The maximum atomic E-state index is 11.5. The number of carboxylic acid groups (broad SMARTS) is 1. The Hall–Kier alpha value is -1.38. The van der Waals surface area contributed by atoms with Crippen molar-refractivity contribution in [3.63, 3.8) is 0 Å². The van der Waals surface area contributed by atoms with Crippen LogP contribution in [0.5, 0.6) is 0 Å². The Bertz CT molecular complexity index is 561. The molecule has 0 bridgehead atoms. The lowest BCUT2D eigenvalue weighted by atomic mass is 9.92. The Kier molecular flexibility index (Phi) is 7.70.